The van der Waals surface area contributed by atoms with E-state index in [1.807, 2.05) is 18.5 Å². The average Bonchev–Trinajstić information content (AvgIpc) is 2.62. The second-order valence-corrected chi connectivity index (χ2v) is 6.40. The Morgan fingerprint density at radius 2 is 2.18 bits per heavy atom. The standard InChI is InChI=1S/C11H17BrN2OS.ClH/c1-11(2,6-13)7-14(3)10(15)9-8(12)4-5-16-9;/h4-5H,6-7,13H2,1-3H3;1H. The van der Waals surface area contributed by atoms with Gasteiger partial charge in [0.2, 0.25) is 0 Å². The minimum absolute atomic E-state index is 0. The quantitative estimate of drug-likeness (QED) is 0.915. The molecule has 0 aliphatic carbocycles. The van der Waals surface area contributed by atoms with Gasteiger partial charge in [0.15, 0.2) is 0 Å². The van der Waals surface area contributed by atoms with Crippen molar-refractivity contribution in [1.82, 2.24) is 4.90 Å². The van der Waals surface area contributed by atoms with Crippen LogP contribution in [0.3, 0.4) is 0 Å². The lowest BCUT2D eigenvalue weighted by Crippen LogP contribution is -2.39. The van der Waals surface area contributed by atoms with Crippen LogP contribution in [0.25, 0.3) is 0 Å². The summed E-state index contributed by atoms with van der Waals surface area (Å²) >= 11 is 4.82. The highest BCUT2D eigenvalue weighted by atomic mass is 79.9. The number of halogens is 2. The van der Waals surface area contributed by atoms with Crippen molar-refractivity contribution in [3.05, 3.63) is 20.8 Å². The van der Waals surface area contributed by atoms with Crippen LogP contribution in [0.2, 0.25) is 0 Å². The number of amides is 1. The largest absolute Gasteiger partial charge is 0.340 e. The van der Waals surface area contributed by atoms with Crippen LogP contribution in [-0.4, -0.2) is 30.9 Å². The Morgan fingerprint density at radius 1 is 1.59 bits per heavy atom. The minimum Gasteiger partial charge on any atom is -0.340 e. The maximum Gasteiger partial charge on any atom is 0.264 e. The zero-order valence-electron chi connectivity index (χ0n) is 10.2. The Bertz CT molecular complexity index is 381. The first-order chi connectivity index (χ1) is 7.37. The lowest BCUT2D eigenvalue weighted by molar-refractivity contribution is 0.0744. The molecular formula is C11H18BrClN2OS. The molecular weight excluding hydrogens is 324 g/mol. The number of nitrogens with zero attached hydrogens (tertiary/aromatic N) is 1. The summed E-state index contributed by atoms with van der Waals surface area (Å²) in [4.78, 5) is 14.6. The molecule has 98 valence electrons. The van der Waals surface area contributed by atoms with Crippen LogP contribution in [0.1, 0.15) is 23.5 Å². The van der Waals surface area contributed by atoms with Gasteiger partial charge in [0, 0.05) is 18.1 Å². The molecule has 0 unspecified atom stereocenters. The van der Waals surface area contributed by atoms with Crippen molar-refractivity contribution in [3.8, 4) is 0 Å². The van der Waals surface area contributed by atoms with Crippen molar-refractivity contribution in [2.45, 2.75) is 13.8 Å². The molecule has 6 heteroatoms. The van der Waals surface area contributed by atoms with E-state index in [4.69, 9.17) is 5.73 Å². The van der Waals surface area contributed by atoms with Gasteiger partial charge in [0.25, 0.3) is 5.91 Å². The third-order valence-electron chi connectivity index (χ3n) is 2.38. The molecule has 0 aliphatic heterocycles. The van der Waals surface area contributed by atoms with Crippen molar-refractivity contribution in [3.63, 3.8) is 0 Å². The van der Waals surface area contributed by atoms with Crippen molar-refractivity contribution < 1.29 is 4.79 Å². The zero-order chi connectivity index (χ0) is 12.3. The molecule has 0 aromatic carbocycles. The van der Waals surface area contributed by atoms with E-state index in [1.54, 1.807) is 4.90 Å². The summed E-state index contributed by atoms with van der Waals surface area (Å²) in [5.74, 6) is 0.0448. The minimum atomic E-state index is -0.0475. The molecule has 0 atom stereocenters. The predicted octanol–water partition coefficient (Wildman–Crippen LogP) is 2.99. The summed E-state index contributed by atoms with van der Waals surface area (Å²) in [5.41, 5.74) is 5.61. The molecule has 0 radical (unpaired) electrons. The lowest BCUT2D eigenvalue weighted by Gasteiger charge is -2.28. The van der Waals surface area contributed by atoms with E-state index in [9.17, 15) is 4.79 Å². The van der Waals surface area contributed by atoms with Crippen LogP contribution in [-0.2, 0) is 0 Å². The molecule has 0 fully saturated rings. The molecule has 2 N–H and O–H groups in total. The first kappa shape index (κ1) is 16.9. The number of hydrogen-bond donors (Lipinski definition) is 1. The Balaban J connectivity index is 0.00000256. The molecule has 0 saturated heterocycles. The van der Waals surface area contributed by atoms with Gasteiger partial charge in [0.05, 0.1) is 0 Å². The highest BCUT2D eigenvalue weighted by molar-refractivity contribution is 9.10. The van der Waals surface area contributed by atoms with Gasteiger partial charge in [-0.25, -0.2) is 0 Å². The zero-order valence-corrected chi connectivity index (χ0v) is 13.4. The molecule has 17 heavy (non-hydrogen) atoms. The topological polar surface area (TPSA) is 46.3 Å². The fourth-order valence-electron chi connectivity index (χ4n) is 1.40. The normalized spacial score (nSPS) is 10.9. The summed E-state index contributed by atoms with van der Waals surface area (Å²) in [6.45, 7) is 5.34. The monoisotopic (exact) mass is 340 g/mol. The van der Waals surface area contributed by atoms with E-state index in [-0.39, 0.29) is 23.7 Å². The number of nitrogens with two attached hydrogens (primary N) is 1. The van der Waals surface area contributed by atoms with Crippen LogP contribution in [0, 0.1) is 5.41 Å². The molecule has 0 spiro atoms. The lowest BCUT2D eigenvalue weighted by atomic mass is 9.93. The third kappa shape index (κ3) is 4.58. The van der Waals surface area contributed by atoms with Gasteiger partial charge in [-0.15, -0.1) is 23.7 Å². The fraction of sp³-hybridized carbons (Fsp3) is 0.545. The van der Waals surface area contributed by atoms with Gasteiger partial charge < -0.3 is 10.6 Å². The second-order valence-electron chi connectivity index (χ2n) is 4.63. The Labute approximate surface area is 121 Å². The van der Waals surface area contributed by atoms with Gasteiger partial charge in [-0.2, -0.15) is 0 Å². The average molecular weight is 342 g/mol. The van der Waals surface area contributed by atoms with Crippen LogP contribution in [0.5, 0.6) is 0 Å². The van der Waals surface area contributed by atoms with E-state index in [2.05, 4.69) is 29.8 Å². The molecule has 0 saturated carbocycles. The fourth-order valence-corrected chi connectivity index (χ4v) is 2.93. The van der Waals surface area contributed by atoms with Crippen LogP contribution >= 0.6 is 39.7 Å². The molecule has 1 heterocycles. The van der Waals surface area contributed by atoms with E-state index in [0.29, 0.717) is 13.1 Å². The molecule has 0 aliphatic rings. The smallest absolute Gasteiger partial charge is 0.264 e. The van der Waals surface area contributed by atoms with Crippen molar-refractivity contribution in [1.29, 1.82) is 0 Å². The van der Waals surface area contributed by atoms with Gasteiger partial charge in [-0.3, -0.25) is 4.79 Å². The molecule has 1 amide bonds. The molecule has 1 aromatic heterocycles. The maximum absolute atomic E-state index is 12.1. The number of carbonyl (C=O) groups excluding carboxylic acids is 1. The number of rotatable bonds is 4. The molecule has 3 nitrogen and oxygen atoms in total. The van der Waals surface area contributed by atoms with Crippen molar-refractivity contribution in [2.75, 3.05) is 20.1 Å². The van der Waals surface area contributed by atoms with Gasteiger partial charge in [-0.1, -0.05) is 13.8 Å². The van der Waals surface area contributed by atoms with E-state index in [1.165, 1.54) is 11.3 Å². The first-order valence-electron chi connectivity index (χ1n) is 5.06. The maximum atomic E-state index is 12.1. The predicted molar refractivity (Wildman–Crippen MR) is 79.1 cm³/mol. The van der Waals surface area contributed by atoms with E-state index in [0.717, 1.165) is 9.35 Å². The Morgan fingerprint density at radius 3 is 2.59 bits per heavy atom. The SMILES string of the molecule is CN(CC(C)(C)CN)C(=O)c1sccc1Br.Cl. The van der Waals surface area contributed by atoms with Gasteiger partial charge >= 0.3 is 0 Å². The molecule has 0 bridgehead atoms. The van der Waals surface area contributed by atoms with Crippen LogP contribution in [0.15, 0.2) is 15.9 Å². The van der Waals surface area contributed by atoms with Crippen molar-refractivity contribution >= 4 is 45.6 Å². The summed E-state index contributed by atoms with van der Waals surface area (Å²) in [6, 6.07) is 1.89. The number of hydrogen-bond acceptors (Lipinski definition) is 3. The van der Waals surface area contributed by atoms with Crippen molar-refractivity contribution in [2.24, 2.45) is 11.1 Å². The van der Waals surface area contributed by atoms with Crippen LogP contribution in [0.4, 0.5) is 0 Å². The summed E-state index contributed by atoms with van der Waals surface area (Å²) in [7, 11) is 1.81. The van der Waals surface area contributed by atoms with Gasteiger partial charge in [0.1, 0.15) is 4.88 Å². The molecule has 1 rings (SSSR count). The Kier molecular flexibility index (Phi) is 6.69. The third-order valence-corrected chi connectivity index (χ3v) is 4.20. The van der Waals surface area contributed by atoms with E-state index >= 15 is 0 Å². The Hall–Kier alpha value is -0.100. The highest BCUT2D eigenvalue weighted by Crippen LogP contribution is 2.25. The summed E-state index contributed by atoms with van der Waals surface area (Å²) in [5, 5.41) is 1.90. The van der Waals surface area contributed by atoms with E-state index < -0.39 is 0 Å². The number of thiophene rings is 1. The first-order valence-corrected chi connectivity index (χ1v) is 6.73. The number of carbonyl (C=O) groups is 1. The van der Waals surface area contributed by atoms with Gasteiger partial charge in [-0.05, 0) is 39.3 Å². The highest BCUT2D eigenvalue weighted by Gasteiger charge is 2.23. The van der Waals surface area contributed by atoms with Crippen LogP contribution < -0.4 is 5.73 Å². The second kappa shape index (κ2) is 6.73. The summed E-state index contributed by atoms with van der Waals surface area (Å²) in [6.07, 6.45) is 0. The summed E-state index contributed by atoms with van der Waals surface area (Å²) < 4.78 is 0.861. The molecule has 1 aromatic rings.